The number of rotatable bonds is 6. The molecule has 180 valence electrons. The van der Waals surface area contributed by atoms with Gasteiger partial charge >= 0.3 is 0 Å². The largest absolute Gasteiger partial charge is 0.388 e. The van der Waals surface area contributed by atoms with Gasteiger partial charge < -0.3 is 19.8 Å². The Morgan fingerprint density at radius 2 is 1.97 bits per heavy atom. The van der Waals surface area contributed by atoms with Crippen LogP contribution in [-0.2, 0) is 16.4 Å². The van der Waals surface area contributed by atoms with Gasteiger partial charge in [0, 0.05) is 29.8 Å². The second-order valence-corrected chi connectivity index (χ2v) is 10.9. The van der Waals surface area contributed by atoms with Gasteiger partial charge in [0.1, 0.15) is 30.4 Å². The van der Waals surface area contributed by atoms with E-state index in [0.717, 1.165) is 49.4 Å². The molecule has 2 atom stereocenters. The Kier molecular flexibility index (Phi) is 5.72. The predicted molar refractivity (Wildman–Crippen MR) is 121 cm³/mol. The lowest BCUT2D eigenvalue weighted by atomic mass is 9.90. The van der Waals surface area contributed by atoms with Crippen molar-refractivity contribution in [2.75, 3.05) is 16.5 Å². The number of hydrogen-bond donors (Lipinski definition) is 2. The Hall–Kier alpha value is -3.12. The molecule has 34 heavy (non-hydrogen) atoms. The van der Waals surface area contributed by atoms with Crippen LogP contribution in [0.4, 0.5) is 21.7 Å². The fourth-order valence-corrected chi connectivity index (χ4v) is 5.64. The summed E-state index contributed by atoms with van der Waals surface area (Å²) < 4.78 is 43.3. The first-order valence-corrected chi connectivity index (χ1v) is 12.9. The molecule has 3 aromatic rings. The number of aromatic nitrogens is 4. The molecule has 2 bridgehead atoms. The van der Waals surface area contributed by atoms with Gasteiger partial charge in [0.2, 0.25) is 5.89 Å². The quantitative estimate of drug-likeness (QED) is 0.533. The Morgan fingerprint density at radius 3 is 2.59 bits per heavy atom. The van der Waals surface area contributed by atoms with Gasteiger partial charge in [-0.15, -0.1) is 0 Å². The first-order valence-electron chi connectivity index (χ1n) is 11.0. The van der Waals surface area contributed by atoms with Crippen LogP contribution in [-0.4, -0.2) is 52.0 Å². The molecule has 12 heteroatoms. The SMILES string of the molecule is Cc1c(Nc2ccc(S(C)(=O)=O)cc2F)ncnc1N1C2CCC1CC(c1nc(CO)no1)C2. The van der Waals surface area contributed by atoms with E-state index in [9.17, 15) is 17.9 Å². The topological polar surface area (TPSA) is 134 Å². The molecule has 2 aliphatic rings. The molecular formula is C22H25FN6O4S. The van der Waals surface area contributed by atoms with Gasteiger partial charge in [0.15, 0.2) is 15.7 Å². The van der Waals surface area contributed by atoms with Gasteiger partial charge in [-0.05, 0) is 50.8 Å². The monoisotopic (exact) mass is 488 g/mol. The highest BCUT2D eigenvalue weighted by molar-refractivity contribution is 7.90. The van der Waals surface area contributed by atoms with Crippen molar-refractivity contribution in [3.63, 3.8) is 0 Å². The molecule has 10 nitrogen and oxygen atoms in total. The number of halogens is 1. The third-order valence-electron chi connectivity index (χ3n) is 6.63. The molecule has 2 aliphatic heterocycles. The van der Waals surface area contributed by atoms with Crippen LogP contribution in [0.2, 0.25) is 0 Å². The van der Waals surface area contributed by atoms with Gasteiger partial charge in [-0.1, -0.05) is 5.16 Å². The summed E-state index contributed by atoms with van der Waals surface area (Å²) in [7, 11) is -3.50. The van der Waals surface area contributed by atoms with Gasteiger partial charge in [0.25, 0.3) is 0 Å². The van der Waals surface area contributed by atoms with E-state index in [1.54, 1.807) is 0 Å². The molecule has 4 heterocycles. The first kappa shape index (κ1) is 22.7. The minimum atomic E-state index is -3.50. The zero-order valence-corrected chi connectivity index (χ0v) is 19.6. The van der Waals surface area contributed by atoms with E-state index >= 15 is 0 Å². The molecule has 1 aromatic carbocycles. The van der Waals surface area contributed by atoms with Crippen LogP contribution in [0.3, 0.4) is 0 Å². The van der Waals surface area contributed by atoms with E-state index in [1.807, 2.05) is 6.92 Å². The van der Waals surface area contributed by atoms with E-state index in [0.29, 0.717) is 17.5 Å². The van der Waals surface area contributed by atoms with Crippen molar-refractivity contribution in [2.45, 2.75) is 62.1 Å². The van der Waals surface area contributed by atoms with Crippen molar-refractivity contribution in [3.05, 3.63) is 47.6 Å². The fourth-order valence-electron chi connectivity index (χ4n) is 5.00. The number of piperidine rings is 1. The summed E-state index contributed by atoms with van der Waals surface area (Å²) >= 11 is 0. The van der Waals surface area contributed by atoms with Crippen LogP contribution in [0, 0.1) is 12.7 Å². The average Bonchev–Trinajstić information content (AvgIpc) is 3.38. The van der Waals surface area contributed by atoms with Crippen molar-refractivity contribution < 1.29 is 22.4 Å². The summed E-state index contributed by atoms with van der Waals surface area (Å²) in [5.74, 6) is 1.56. The van der Waals surface area contributed by atoms with Crippen LogP contribution < -0.4 is 10.2 Å². The van der Waals surface area contributed by atoms with Crippen LogP contribution in [0.5, 0.6) is 0 Å². The third kappa shape index (κ3) is 4.11. The fraction of sp³-hybridized carbons (Fsp3) is 0.455. The van der Waals surface area contributed by atoms with Gasteiger partial charge in [-0.2, -0.15) is 4.98 Å². The van der Waals surface area contributed by atoms with Gasteiger partial charge in [0.05, 0.1) is 10.6 Å². The van der Waals surface area contributed by atoms with Crippen molar-refractivity contribution in [2.24, 2.45) is 0 Å². The predicted octanol–water partition coefficient (Wildman–Crippen LogP) is 2.86. The number of nitrogens with one attached hydrogen (secondary N) is 1. The molecule has 0 radical (unpaired) electrons. The maximum atomic E-state index is 14.6. The van der Waals surface area contributed by atoms with E-state index in [-0.39, 0.29) is 35.2 Å². The molecule has 2 aromatic heterocycles. The lowest BCUT2D eigenvalue weighted by molar-refractivity contribution is 0.260. The highest BCUT2D eigenvalue weighted by atomic mass is 32.2. The second-order valence-electron chi connectivity index (χ2n) is 8.88. The highest BCUT2D eigenvalue weighted by Crippen LogP contribution is 2.45. The molecular weight excluding hydrogens is 463 g/mol. The highest BCUT2D eigenvalue weighted by Gasteiger charge is 2.44. The lowest BCUT2D eigenvalue weighted by Gasteiger charge is -2.39. The maximum absolute atomic E-state index is 14.6. The Morgan fingerprint density at radius 1 is 1.24 bits per heavy atom. The molecule has 2 N–H and O–H groups in total. The van der Waals surface area contributed by atoms with E-state index in [2.05, 4.69) is 30.3 Å². The molecule has 0 spiro atoms. The van der Waals surface area contributed by atoms with Gasteiger partial charge in [-0.3, -0.25) is 0 Å². The number of fused-ring (bicyclic) bond motifs is 2. The van der Waals surface area contributed by atoms with Crippen molar-refractivity contribution in [3.8, 4) is 0 Å². The summed E-state index contributed by atoms with van der Waals surface area (Å²) in [5, 5.41) is 16.0. The maximum Gasteiger partial charge on any atom is 0.230 e. The molecule has 2 saturated heterocycles. The zero-order valence-electron chi connectivity index (χ0n) is 18.8. The summed E-state index contributed by atoms with van der Waals surface area (Å²) in [4.78, 5) is 15.4. The summed E-state index contributed by atoms with van der Waals surface area (Å²) in [6, 6.07) is 4.23. The molecule has 5 rings (SSSR count). The molecule has 2 unspecified atom stereocenters. The van der Waals surface area contributed by atoms with E-state index in [1.165, 1.54) is 18.5 Å². The molecule has 0 aliphatic carbocycles. The first-order chi connectivity index (χ1) is 16.2. The number of aliphatic hydroxyl groups is 1. The second kappa shape index (κ2) is 8.58. The lowest BCUT2D eigenvalue weighted by Crippen LogP contribution is -2.43. The van der Waals surface area contributed by atoms with Crippen molar-refractivity contribution in [1.82, 2.24) is 20.1 Å². The number of hydrogen-bond acceptors (Lipinski definition) is 10. The zero-order chi connectivity index (χ0) is 24.0. The summed E-state index contributed by atoms with van der Waals surface area (Å²) in [6.07, 6.45) is 6.17. The average molecular weight is 489 g/mol. The van der Waals surface area contributed by atoms with Crippen LogP contribution in [0.25, 0.3) is 0 Å². The smallest absolute Gasteiger partial charge is 0.230 e. The standard InChI is InChI=1S/C22H25FN6O4S/c1-12-20(26-18-6-5-16(9-17(18)23)34(2,31)32)24-11-25-21(12)29-14-3-4-15(29)8-13(7-14)22-27-19(10-30)28-33-22/h5-6,9,11,13-15,30H,3-4,7-8,10H2,1-2H3,(H,24,25,26). The third-order valence-corrected chi connectivity index (χ3v) is 7.74. The van der Waals surface area contributed by atoms with E-state index in [4.69, 9.17) is 4.52 Å². The molecule has 0 amide bonds. The van der Waals surface area contributed by atoms with Crippen molar-refractivity contribution in [1.29, 1.82) is 0 Å². The number of anilines is 3. The van der Waals surface area contributed by atoms with Gasteiger partial charge in [-0.25, -0.2) is 22.8 Å². The minimum Gasteiger partial charge on any atom is -0.388 e. The number of aliphatic hydroxyl groups excluding tert-OH is 1. The van der Waals surface area contributed by atoms with Crippen LogP contribution in [0.15, 0.2) is 33.9 Å². The van der Waals surface area contributed by atoms with Crippen LogP contribution >= 0.6 is 0 Å². The number of nitrogens with zero attached hydrogens (tertiary/aromatic N) is 5. The van der Waals surface area contributed by atoms with Crippen LogP contribution in [0.1, 0.15) is 48.9 Å². The van der Waals surface area contributed by atoms with E-state index < -0.39 is 15.7 Å². The number of benzene rings is 1. The Bertz CT molecular complexity index is 1320. The Labute approximate surface area is 196 Å². The molecule has 0 saturated carbocycles. The number of sulfone groups is 1. The van der Waals surface area contributed by atoms with Crippen molar-refractivity contribution >= 4 is 27.2 Å². The summed E-state index contributed by atoms with van der Waals surface area (Å²) in [5.41, 5.74) is 0.919. The Balaban J connectivity index is 1.38. The normalized spacial score (nSPS) is 22.2. The minimum absolute atomic E-state index is 0.0811. The molecule has 2 fully saturated rings. The summed E-state index contributed by atoms with van der Waals surface area (Å²) in [6.45, 7) is 1.64.